The molecule has 2 aromatic carbocycles. The molecule has 0 spiro atoms. The van der Waals surface area contributed by atoms with E-state index in [2.05, 4.69) is 20.3 Å². The van der Waals surface area contributed by atoms with E-state index in [0.717, 1.165) is 27.0 Å². The lowest BCUT2D eigenvalue weighted by atomic mass is 9.95. The van der Waals surface area contributed by atoms with Crippen molar-refractivity contribution >= 4 is 38.3 Å². The van der Waals surface area contributed by atoms with Crippen LogP contribution >= 0.6 is 11.3 Å². The molecule has 0 amide bonds. The van der Waals surface area contributed by atoms with Gasteiger partial charge in [0.1, 0.15) is 12.4 Å². The van der Waals surface area contributed by atoms with Crippen molar-refractivity contribution in [1.29, 1.82) is 0 Å². The summed E-state index contributed by atoms with van der Waals surface area (Å²) in [6.07, 6.45) is 3.25. The number of halogens is 1. The molecule has 0 saturated heterocycles. The number of carboxylic acids is 1. The first kappa shape index (κ1) is 20.7. The molecule has 0 radical (unpaired) electrons. The van der Waals surface area contributed by atoms with Gasteiger partial charge in [-0.3, -0.25) is 4.79 Å². The Labute approximate surface area is 181 Å². The number of aliphatic carboxylic acids is 1. The molecule has 2 aromatic heterocycles. The van der Waals surface area contributed by atoms with Crippen molar-refractivity contribution in [2.24, 2.45) is 5.41 Å². The summed E-state index contributed by atoms with van der Waals surface area (Å²) in [6, 6.07) is 12.3. The van der Waals surface area contributed by atoms with Crippen molar-refractivity contribution in [3.8, 4) is 17.1 Å². The molecule has 0 aliphatic carbocycles. The second-order valence-electron chi connectivity index (χ2n) is 7.57. The number of anilines is 2. The Bertz CT molecular complexity index is 1220. The minimum atomic E-state index is -1.03. The van der Waals surface area contributed by atoms with Gasteiger partial charge in [0.25, 0.3) is 0 Å². The number of benzene rings is 2. The minimum Gasteiger partial charge on any atom is -0.481 e. The third-order valence-corrected chi connectivity index (χ3v) is 5.52. The van der Waals surface area contributed by atoms with Crippen LogP contribution in [0.1, 0.15) is 13.8 Å². The zero-order valence-corrected chi connectivity index (χ0v) is 17.6. The molecule has 0 aliphatic heterocycles. The molecular formula is C22H19FN4O3S. The van der Waals surface area contributed by atoms with Gasteiger partial charge in [0, 0.05) is 23.6 Å². The predicted molar refractivity (Wildman–Crippen MR) is 117 cm³/mol. The van der Waals surface area contributed by atoms with Gasteiger partial charge >= 0.3 is 12.0 Å². The number of ether oxygens (including phenoxy) is 1. The standard InChI is InChI=1S/C22H19FN4O3S/c1-22(2,19(28)29)12-30-20-24-10-14(11-25-20)13-3-6-16(7-4-13)26-21-27-17-8-5-15(23)9-18(17)31-21/h3-11H,12H2,1-2H3,(H,26,27)(H,28,29). The van der Waals surface area contributed by atoms with E-state index in [1.54, 1.807) is 32.3 Å². The normalized spacial score (nSPS) is 11.5. The lowest BCUT2D eigenvalue weighted by Gasteiger charge is -2.18. The van der Waals surface area contributed by atoms with Crippen molar-refractivity contribution in [3.05, 3.63) is 60.7 Å². The monoisotopic (exact) mass is 438 g/mol. The average Bonchev–Trinajstić information content (AvgIpc) is 3.14. The first-order valence-corrected chi connectivity index (χ1v) is 10.2. The third kappa shape index (κ3) is 4.77. The predicted octanol–water partition coefficient (Wildman–Crippen LogP) is 5.13. The average molecular weight is 438 g/mol. The number of hydrogen-bond donors (Lipinski definition) is 2. The molecule has 7 nitrogen and oxygen atoms in total. The topological polar surface area (TPSA) is 97.2 Å². The van der Waals surface area contributed by atoms with E-state index in [1.165, 1.54) is 23.5 Å². The van der Waals surface area contributed by atoms with Gasteiger partial charge in [0.05, 0.1) is 15.6 Å². The van der Waals surface area contributed by atoms with Gasteiger partial charge in [-0.2, -0.15) is 0 Å². The molecule has 31 heavy (non-hydrogen) atoms. The highest BCUT2D eigenvalue weighted by Crippen LogP contribution is 2.30. The molecule has 0 aliphatic rings. The molecule has 0 unspecified atom stereocenters. The summed E-state index contributed by atoms with van der Waals surface area (Å²) in [5.41, 5.74) is 2.28. The van der Waals surface area contributed by atoms with Crippen LogP contribution in [0.25, 0.3) is 21.3 Å². The van der Waals surface area contributed by atoms with Crippen LogP contribution in [0.5, 0.6) is 6.01 Å². The summed E-state index contributed by atoms with van der Waals surface area (Å²) < 4.78 is 19.5. The number of nitrogens with one attached hydrogen (secondary N) is 1. The minimum absolute atomic E-state index is 0.0273. The highest BCUT2D eigenvalue weighted by atomic mass is 32.1. The van der Waals surface area contributed by atoms with Crippen molar-refractivity contribution in [2.75, 3.05) is 11.9 Å². The number of carbonyl (C=O) groups is 1. The van der Waals surface area contributed by atoms with Gasteiger partial charge < -0.3 is 15.2 Å². The maximum absolute atomic E-state index is 13.3. The number of rotatable bonds is 7. The van der Waals surface area contributed by atoms with Crippen LogP contribution in [0, 0.1) is 11.2 Å². The molecule has 9 heteroatoms. The molecule has 158 valence electrons. The molecule has 2 N–H and O–H groups in total. The second-order valence-corrected chi connectivity index (χ2v) is 8.60. The van der Waals surface area contributed by atoms with Crippen LogP contribution in [-0.2, 0) is 4.79 Å². The number of fused-ring (bicyclic) bond motifs is 1. The zero-order valence-electron chi connectivity index (χ0n) is 16.8. The smallest absolute Gasteiger partial charge is 0.316 e. The summed E-state index contributed by atoms with van der Waals surface area (Å²) in [5.74, 6) is -1.23. The summed E-state index contributed by atoms with van der Waals surface area (Å²) >= 11 is 1.38. The third-order valence-electron chi connectivity index (χ3n) is 4.59. The van der Waals surface area contributed by atoms with Crippen molar-refractivity contribution in [1.82, 2.24) is 15.0 Å². The fraction of sp³-hybridized carbons (Fsp3) is 0.182. The fourth-order valence-electron chi connectivity index (χ4n) is 2.67. The van der Waals surface area contributed by atoms with E-state index in [1.807, 2.05) is 24.3 Å². The molecule has 4 rings (SSSR count). The van der Waals surface area contributed by atoms with Gasteiger partial charge in [-0.25, -0.2) is 19.3 Å². The highest BCUT2D eigenvalue weighted by molar-refractivity contribution is 7.22. The first-order chi connectivity index (χ1) is 14.8. The van der Waals surface area contributed by atoms with Gasteiger partial charge in [-0.15, -0.1) is 0 Å². The largest absolute Gasteiger partial charge is 0.481 e. The van der Waals surface area contributed by atoms with Crippen LogP contribution in [0.15, 0.2) is 54.9 Å². The summed E-state index contributed by atoms with van der Waals surface area (Å²) in [6.45, 7) is 3.12. The summed E-state index contributed by atoms with van der Waals surface area (Å²) in [7, 11) is 0. The second kappa shape index (κ2) is 8.27. The highest BCUT2D eigenvalue weighted by Gasteiger charge is 2.28. The Morgan fingerprint density at radius 2 is 1.84 bits per heavy atom. The summed E-state index contributed by atoms with van der Waals surface area (Å²) in [4.78, 5) is 23.9. The maximum Gasteiger partial charge on any atom is 0.316 e. The lowest BCUT2D eigenvalue weighted by molar-refractivity contribution is -0.148. The Morgan fingerprint density at radius 3 is 2.52 bits per heavy atom. The van der Waals surface area contributed by atoms with Crippen LogP contribution in [0.2, 0.25) is 0 Å². The van der Waals surface area contributed by atoms with Crippen molar-refractivity contribution in [2.45, 2.75) is 13.8 Å². The van der Waals surface area contributed by atoms with E-state index < -0.39 is 11.4 Å². The van der Waals surface area contributed by atoms with E-state index >= 15 is 0 Å². The molecule has 0 bridgehead atoms. The molecule has 2 heterocycles. The molecule has 0 saturated carbocycles. The molecular weight excluding hydrogens is 419 g/mol. The van der Waals surface area contributed by atoms with E-state index in [-0.39, 0.29) is 18.4 Å². The van der Waals surface area contributed by atoms with Gasteiger partial charge in [0.15, 0.2) is 5.13 Å². The maximum atomic E-state index is 13.3. The first-order valence-electron chi connectivity index (χ1n) is 9.42. The Balaban J connectivity index is 1.42. The number of thiazole rings is 1. The number of aromatic nitrogens is 3. The molecule has 4 aromatic rings. The van der Waals surface area contributed by atoms with Crippen LogP contribution in [0.4, 0.5) is 15.2 Å². The van der Waals surface area contributed by atoms with Gasteiger partial charge in [-0.1, -0.05) is 23.5 Å². The quantitative estimate of drug-likeness (QED) is 0.413. The van der Waals surface area contributed by atoms with E-state index in [0.29, 0.717) is 5.13 Å². The Kier molecular flexibility index (Phi) is 5.51. The lowest BCUT2D eigenvalue weighted by Crippen LogP contribution is -2.31. The van der Waals surface area contributed by atoms with Gasteiger partial charge in [0.2, 0.25) is 0 Å². The van der Waals surface area contributed by atoms with Crippen molar-refractivity contribution in [3.63, 3.8) is 0 Å². The SMILES string of the molecule is CC(C)(COc1ncc(-c2ccc(Nc3nc4ccc(F)cc4s3)cc2)cn1)C(=O)O. The Morgan fingerprint density at radius 1 is 1.13 bits per heavy atom. The van der Waals surface area contributed by atoms with E-state index in [4.69, 9.17) is 9.84 Å². The molecule has 0 fully saturated rings. The number of nitrogens with zero attached hydrogens (tertiary/aromatic N) is 3. The van der Waals surface area contributed by atoms with E-state index in [9.17, 15) is 9.18 Å². The fourth-order valence-corrected chi connectivity index (χ4v) is 3.58. The number of hydrogen-bond acceptors (Lipinski definition) is 7. The van der Waals surface area contributed by atoms with Crippen LogP contribution in [-0.4, -0.2) is 32.6 Å². The summed E-state index contributed by atoms with van der Waals surface area (Å²) in [5, 5.41) is 13.0. The number of carboxylic acid groups (broad SMARTS) is 1. The van der Waals surface area contributed by atoms with Crippen LogP contribution < -0.4 is 10.1 Å². The van der Waals surface area contributed by atoms with Gasteiger partial charge in [-0.05, 0) is 49.7 Å². The molecule has 0 atom stereocenters. The Hall–Kier alpha value is -3.59. The zero-order chi connectivity index (χ0) is 22.0. The van der Waals surface area contributed by atoms with Crippen LogP contribution in [0.3, 0.4) is 0 Å². The van der Waals surface area contributed by atoms with Crippen molar-refractivity contribution < 1.29 is 19.0 Å².